The van der Waals surface area contributed by atoms with Crippen molar-refractivity contribution in [2.75, 3.05) is 12.0 Å². The summed E-state index contributed by atoms with van der Waals surface area (Å²) in [4.78, 5) is 10.3. The van der Waals surface area contributed by atoms with Gasteiger partial charge in [-0.05, 0) is 24.9 Å². The molecular weight excluding hydrogens is 440 g/mol. The molecule has 0 saturated heterocycles. The van der Waals surface area contributed by atoms with Gasteiger partial charge in [-0.3, -0.25) is 4.79 Å². The van der Waals surface area contributed by atoms with Crippen LogP contribution < -0.4 is 5.73 Å². The lowest BCUT2D eigenvalue weighted by Crippen LogP contribution is -2.34. The van der Waals surface area contributed by atoms with Gasteiger partial charge in [-0.25, -0.2) is 0 Å². The van der Waals surface area contributed by atoms with E-state index < -0.39 is 10.3 Å². The van der Waals surface area contributed by atoms with Crippen LogP contribution in [0.5, 0.6) is 0 Å². The third-order valence-corrected chi connectivity index (χ3v) is 10.3. The van der Waals surface area contributed by atoms with Crippen LogP contribution in [0, 0.1) is 0 Å². The topological polar surface area (TPSA) is 117 Å². The number of carbonyl (C=O) groups excluding carboxylic acids is 1. The molecule has 1 unspecified atom stereocenters. The number of hydrogen-bond acceptors (Lipinski definition) is 8. The first-order valence-electron chi connectivity index (χ1n) is 11.1. The van der Waals surface area contributed by atoms with Crippen molar-refractivity contribution in [3.63, 3.8) is 0 Å². The molecule has 1 aromatic carbocycles. The van der Waals surface area contributed by atoms with Crippen LogP contribution in [0.1, 0.15) is 68.7 Å². The van der Waals surface area contributed by atoms with Crippen LogP contribution in [0.2, 0.25) is 0 Å². The fourth-order valence-corrected chi connectivity index (χ4v) is 5.06. The van der Waals surface area contributed by atoms with Crippen molar-refractivity contribution in [1.82, 2.24) is 15.4 Å². The van der Waals surface area contributed by atoms with E-state index in [1.807, 2.05) is 30.3 Å². The zero-order valence-electron chi connectivity index (χ0n) is 20.0. The molecule has 0 bridgehead atoms. The second-order valence-corrected chi connectivity index (χ2v) is 13.3. The van der Waals surface area contributed by atoms with Crippen molar-refractivity contribution in [2.24, 2.45) is 5.73 Å². The largest absolute Gasteiger partial charge is 0.422 e. The highest BCUT2D eigenvalue weighted by Crippen LogP contribution is 2.57. The molecule has 0 spiro atoms. The molecule has 1 aliphatic rings. The molecule has 180 valence electrons. The van der Waals surface area contributed by atoms with Gasteiger partial charge in [-0.2, -0.15) is 0 Å². The van der Waals surface area contributed by atoms with Crippen LogP contribution in [-0.2, 0) is 10.8 Å². The maximum absolute atomic E-state index is 10.3. The maximum Gasteiger partial charge on any atom is 0.243 e. The second-order valence-electron chi connectivity index (χ2n) is 9.23. The number of carbonyl (C=O) groups is 1. The number of nitrogens with two attached hydrogens (primary N) is 1. The average molecular weight is 475 g/mol. The summed E-state index contributed by atoms with van der Waals surface area (Å²) in [5, 5.41) is 11.8. The predicted octanol–water partition coefficient (Wildman–Crippen LogP) is 5.11. The summed E-state index contributed by atoms with van der Waals surface area (Å²) in [5.74, 6) is 3.28. The molecule has 0 radical (unpaired) electrons. The summed E-state index contributed by atoms with van der Waals surface area (Å²) >= 11 is 0. The monoisotopic (exact) mass is 474 g/mol. The molecule has 0 amide bonds. The predicted molar refractivity (Wildman–Crippen MR) is 130 cm³/mol. The summed E-state index contributed by atoms with van der Waals surface area (Å²) in [7, 11) is -1.15. The Morgan fingerprint density at radius 1 is 1.21 bits per heavy atom. The third kappa shape index (κ3) is 6.31. The highest BCUT2D eigenvalue weighted by atomic mass is 32.3. The Balaban J connectivity index is 0.000000203. The van der Waals surface area contributed by atoms with E-state index in [1.165, 1.54) is 0 Å². The van der Waals surface area contributed by atoms with Gasteiger partial charge in [0, 0.05) is 28.3 Å². The van der Waals surface area contributed by atoms with Crippen molar-refractivity contribution in [1.29, 1.82) is 0 Å². The molecule has 1 aliphatic carbocycles. The van der Waals surface area contributed by atoms with Crippen molar-refractivity contribution in [3.05, 3.63) is 53.9 Å². The number of benzene rings is 1. The van der Waals surface area contributed by atoms with Crippen LogP contribution >= 0.6 is 10.3 Å². The Bertz CT molecular complexity index is 1020. The Kier molecular flexibility index (Phi) is 8.10. The van der Waals surface area contributed by atoms with E-state index in [4.69, 9.17) is 18.9 Å². The summed E-state index contributed by atoms with van der Waals surface area (Å²) in [6, 6.07) is 11.4. The van der Waals surface area contributed by atoms with E-state index in [0.717, 1.165) is 24.2 Å². The third-order valence-electron chi connectivity index (χ3n) is 6.00. The summed E-state index contributed by atoms with van der Waals surface area (Å²) < 4.78 is 17.0. The van der Waals surface area contributed by atoms with Gasteiger partial charge in [-0.15, -0.1) is 20.5 Å². The maximum atomic E-state index is 10.3. The van der Waals surface area contributed by atoms with Crippen molar-refractivity contribution in [3.8, 4) is 11.3 Å². The van der Waals surface area contributed by atoms with Crippen LogP contribution in [0.15, 0.2) is 45.3 Å². The number of rotatable bonds is 7. The normalized spacial score (nSPS) is 20.7. The zero-order chi connectivity index (χ0) is 24.1. The number of nitrogens with zero attached hydrogens (tertiary/aromatic N) is 3. The summed E-state index contributed by atoms with van der Waals surface area (Å²) in [6.45, 7) is 9.25. The van der Waals surface area contributed by atoms with Gasteiger partial charge in [0.2, 0.25) is 11.8 Å². The van der Waals surface area contributed by atoms with E-state index in [2.05, 4.69) is 49.3 Å². The minimum Gasteiger partial charge on any atom is -0.422 e. The molecule has 3 aromatic rings. The number of hydrogen-bond donors (Lipinski definition) is 1. The van der Waals surface area contributed by atoms with Crippen LogP contribution in [0.3, 0.4) is 0 Å². The first kappa shape index (κ1) is 25.1. The smallest absolute Gasteiger partial charge is 0.243 e. The number of aldehydes is 1. The molecule has 1 saturated carbocycles. The van der Waals surface area contributed by atoms with Gasteiger partial charge < -0.3 is 18.9 Å². The van der Waals surface area contributed by atoms with E-state index in [1.54, 1.807) is 6.07 Å². The average Bonchev–Trinajstić information content (AvgIpc) is 3.45. The quantitative estimate of drug-likeness (QED) is 0.469. The lowest BCUT2D eigenvalue weighted by molar-refractivity contribution is 0.111. The molecule has 33 heavy (non-hydrogen) atoms. The highest BCUT2D eigenvalue weighted by Gasteiger charge is 2.34. The second kappa shape index (κ2) is 10.6. The van der Waals surface area contributed by atoms with Gasteiger partial charge in [0.05, 0.1) is 0 Å². The fourth-order valence-electron chi connectivity index (χ4n) is 3.31. The molecule has 2 N–H and O–H groups in total. The van der Waals surface area contributed by atoms with Crippen LogP contribution in [-0.4, -0.2) is 44.4 Å². The molecule has 1 atom stereocenters. The molecule has 2 aromatic heterocycles. The van der Waals surface area contributed by atoms with Crippen molar-refractivity contribution in [2.45, 2.75) is 63.9 Å². The van der Waals surface area contributed by atoms with Gasteiger partial charge in [-0.1, -0.05) is 63.2 Å². The first-order chi connectivity index (χ1) is 15.6. The lowest BCUT2D eigenvalue weighted by Gasteiger charge is -2.46. The van der Waals surface area contributed by atoms with Crippen molar-refractivity contribution >= 4 is 16.6 Å². The van der Waals surface area contributed by atoms with Crippen LogP contribution in [0.25, 0.3) is 11.3 Å². The molecule has 9 heteroatoms. The Hall–Kier alpha value is -2.49. The highest BCUT2D eigenvalue weighted by molar-refractivity contribution is 8.30. The SMILES string of the molecule is CCS(C)(OCc1nnc(C2CC(N)C2)o1)C(C)(C)C.O=Cc1cc(-c2ccccc2)on1. The molecule has 8 nitrogen and oxygen atoms in total. The van der Waals surface area contributed by atoms with E-state index in [-0.39, 0.29) is 4.75 Å². The minimum absolute atomic E-state index is 0.144. The van der Waals surface area contributed by atoms with E-state index >= 15 is 0 Å². The Morgan fingerprint density at radius 3 is 2.45 bits per heavy atom. The molecular formula is C24H34N4O4S. The lowest BCUT2D eigenvalue weighted by atomic mass is 9.81. The zero-order valence-corrected chi connectivity index (χ0v) is 20.8. The fraction of sp³-hybridized carbons (Fsp3) is 0.500. The molecule has 0 aliphatic heterocycles. The van der Waals surface area contributed by atoms with E-state index in [0.29, 0.717) is 48.1 Å². The molecule has 4 rings (SSSR count). The summed E-state index contributed by atoms with van der Waals surface area (Å²) in [6.07, 6.45) is 4.77. The molecule has 1 fully saturated rings. The van der Waals surface area contributed by atoms with Gasteiger partial charge in [0.25, 0.3) is 0 Å². The number of aromatic nitrogens is 3. The van der Waals surface area contributed by atoms with Crippen molar-refractivity contribution < 1.29 is 17.9 Å². The standard InChI is InChI=1S/C14H27N3O2S.C10H7NO2/c1-6-20(5,14(2,3)4)18-9-12-16-17-13(19-12)10-7-11(15)8-10;12-7-9-6-10(13-11-9)8-4-2-1-3-5-8/h10-11H,6-9,15H2,1-5H3;1-7H. The minimum atomic E-state index is -1.15. The van der Waals surface area contributed by atoms with Gasteiger partial charge in [0.1, 0.15) is 12.3 Å². The Morgan fingerprint density at radius 2 is 1.91 bits per heavy atom. The Labute approximate surface area is 196 Å². The first-order valence-corrected chi connectivity index (χ1v) is 13.2. The van der Waals surface area contributed by atoms with Gasteiger partial charge in [0.15, 0.2) is 12.0 Å². The van der Waals surface area contributed by atoms with Crippen LogP contribution in [0.4, 0.5) is 0 Å². The summed E-state index contributed by atoms with van der Waals surface area (Å²) in [5.41, 5.74) is 7.02. The van der Waals surface area contributed by atoms with E-state index in [9.17, 15) is 4.79 Å². The van der Waals surface area contributed by atoms with Gasteiger partial charge >= 0.3 is 0 Å². The molecule has 2 heterocycles.